The average molecular weight is 295 g/mol. The summed E-state index contributed by atoms with van der Waals surface area (Å²) in [5, 5.41) is 2.65. The van der Waals surface area contributed by atoms with E-state index in [0.29, 0.717) is 12.3 Å². The van der Waals surface area contributed by atoms with E-state index in [0.717, 1.165) is 6.42 Å². The van der Waals surface area contributed by atoms with Crippen LogP contribution in [0.25, 0.3) is 0 Å². The first-order chi connectivity index (χ1) is 9.65. The Hall–Kier alpha value is -1.58. The topological polar surface area (TPSA) is 55.4 Å². The highest BCUT2D eigenvalue weighted by atomic mass is 16.6. The van der Waals surface area contributed by atoms with Crippen LogP contribution < -0.4 is 5.32 Å². The zero-order valence-electron chi connectivity index (χ0n) is 14.1. The predicted octanol–water partition coefficient (Wildman–Crippen LogP) is 3.38. The molecule has 0 bridgehead atoms. The first-order valence-corrected chi connectivity index (χ1v) is 7.52. The van der Waals surface area contributed by atoms with E-state index in [1.54, 1.807) is 26.8 Å². The molecule has 1 amide bonds. The summed E-state index contributed by atoms with van der Waals surface area (Å²) >= 11 is 0. The van der Waals surface area contributed by atoms with Crippen molar-refractivity contribution in [3.8, 4) is 0 Å². The van der Waals surface area contributed by atoms with Gasteiger partial charge in [-0.3, -0.25) is 4.79 Å². The second-order valence-electron chi connectivity index (χ2n) is 6.42. The molecule has 0 saturated carbocycles. The number of carbonyl (C=O) groups excluding carboxylic acids is 2. The molecule has 0 unspecified atom stereocenters. The van der Waals surface area contributed by atoms with Crippen molar-refractivity contribution in [2.45, 2.75) is 66.0 Å². The molecule has 0 fully saturated rings. The molecule has 0 aromatic rings. The molecule has 0 heterocycles. The largest absolute Gasteiger partial charge is 0.458 e. The van der Waals surface area contributed by atoms with E-state index in [4.69, 9.17) is 4.74 Å². The van der Waals surface area contributed by atoms with Crippen LogP contribution in [0.4, 0.5) is 0 Å². The van der Waals surface area contributed by atoms with Gasteiger partial charge in [0.2, 0.25) is 5.91 Å². The van der Waals surface area contributed by atoms with Crippen LogP contribution in [-0.4, -0.2) is 23.5 Å². The highest BCUT2D eigenvalue weighted by Gasteiger charge is 2.24. The summed E-state index contributed by atoms with van der Waals surface area (Å²) in [6, 6.07) is -0.610. The van der Waals surface area contributed by atoms with Gasteiger partial charge in [-0.25, -0.2) is 4.79 Å². The normalized spacial score (nSPS) is 13.9. The van der Waals surface area contributed by atoms with E-state index in [9.17, 15) is 9.59 Å². The van der Waals surface area contributed by atoms with Gasteiger partial charge in [-0.05, 0) is 39.5 Å². The van der Waals surface area contributed by atoms with Crippen molar-refractivity contribution in [2.24, 2.45) is 5.92 Å². The standard InChI is InChI=1S/C17H29NO3/c1-7-14(16(20)21-17(4,5)6)18-15(19)12-10-8-9-11-13(2)3/h8-10,12-14H,7,11H2,1-6H3,(H,18,19)/b9-8+,12-10+/t14-/m0/s1. The van der Waals surface area contributed by atoms with Crippen LogP contribution in [0.1, 0.15) is 54.4 Å². The average Bonchev–Trinajstić information content (AvgIpc) is 2.32. The van der Waals surface area contributed by atoms with Crippen LogP contribution in [0.3, 0.4) is 0 Å². The van der Waals surface area contributed by atoms with Crippen molar-refractivity contribution in [3.63, 3.8) is 0 Å². The van der Waals surface area contributed by atoms with Gasteiger partial charge in [0.1, 0.15) is 11.6 Å². The summed E-state index contributed by atoms with van der Waals surface area (Å²) in [6.07, 6.45) is 8.43. The van der Waals surface area contributed by atoms with Crippen LogP contribution in [0.2, 0.25) is 0 Å². The van der Waals surface area contributed by atoms with E-state index in [2.05, 4.69) is 19.2 Å². The number of rotatable bonds is 7. The molecule has 21 heavy (non-hydrogen) atoms. The highest BCUT2D eigenvalue weighted by molar-refractivity contribution is 5.91. The Kier molecular flexibility index (Phi) is 8.67. The van der Waals surface area contributed by atoms with E-state index in [1.165, 1.54) is 6.08 Å². The molecule has 4 heteroatoms. The molecule has 0 aliphatic rings. The molecule has 4 nitrogen and oxygen atoms in total. The third kappa shape index (κ3) is 10.8. The van der Waals surface area contributed by atoms with E-state index < -0.39 is 17.6 Å². The Morgan fingerprint density at radius 2 is 1.81 bits per heavy atom. The first kappa shape index (κ1) is 19.4. The number of carbonyl (C=O) groups is 2. The molecule has 0 aromatic heterocycles. The Bertz CT molecular complexity index is 389. The fraction of sp³-hybridized carbons (Fsp3) is 0.647. The summed E-state index contributed by atoms with van der Waals surface area (Å²) in [6.45, 7) is 11.5. The number of allylic oxidation sites excluding steroid dienone is 3. The third-order valence-corrected chi connectivity index (χ3v) is 2.52. The summed E-state index contributed by atoms with van der Waals surface area (Å²) in [5.74, 6) is -0.0934. The van der Waals surface area contributed by atoms with Gasteiger partial charge in [0.25, 0.3) is 0 Å². The fourth-order valence-corrected chi connectivity index (χ4v) is 1.49. The first-order valence-electron chi connectivity index (χ1n) is 7.52. The summed E-state index contributed by atoms with van der Waals surface area (Å²) < 4.78 is 5.27. The molecule has 0 aliphatic carbocycles. The third-order valence-electron chi connectivity index (χ3n) is 2.52. The maximum absolute atomic E-state index is 11.9. The second kappa shape index (κ2) is 9.37. The van der Waals surface area contributed by atoms with Gasteiger partial charge in [0, 0.05) is 6.08 Å². The summed E-state index contributed by atoms with van der Waals surface area (Å²) in [5.41, 5.74) is -0.551. The smallest absolute Gasteiger partial charge is 0.329 e. The molecule has 0 aliphatic heterocycles. The van der Waals surface area contributed by atoms with Gasteiger partial charge < -0.3 is 10.1 Å². The highest BCUT2D eigenvalue weighted by Crippen LogP contribution is 2.09. The molecular formula is C17H29NO3. The van der Waals surface area contributed by atoms with Crippen molar-refractivity contribution >= 4 is 11.9 Å². The maximum atomic E-state index is 11.9. The van der Waals surface area contributed by atoms with Crippen molar-refractivity contribution in [1.82, 2.24) is 5.32 Å². The van der Waals surface area contributed by atoms with Gasteiger partial charge >= 0.3 is 5.97 Å². The minimum absolute atomic E-state index is 0.290. The lowest BCUT2D eigenvalue weighted by Gasteiger charge is -2.23. The number of hydrogen-bond donors (Lipinski definition) is 1. The Morgan fingerprint density at radius 3 is 2.29 bits per heavy atom. The van der Waals surface area contributed by atoms with Crippen LogP contribution in [0, 0.1) is 5.92 Å². The predicted molar refractivity (Wildman–Crippen MR) is 85.8 cm³/mol. The molecule has 0 rings (SSSR count). The second-order valence-corrected chi connectivity index (χ2v) is 6.42. The minimum Gasteiger partial charge on any atom is -0.458 e. The summed E-state index contributed by atoms with van der Waals surface area (Å²) in [4.78, 5) is 23.6. The lowest BCUT2D eigenvalue weighted by atomic mass is 10.1. The fourth-order valence-electron chi connectivity index (χ4n) is 1.49. The Morgan fingerprint density at radius 1 is 1.19 bits per heavy atom. The molecule has 0 spiro atoms. The molecular weight excluding hydrogens is 266 g/mol. The van der Waals surface area contributed by atoms with Crippen molar-refractivity contribution in [3.05, 3.63) is 24.3 Å². The summed E-state index contributed by atoms with van der Waals surface area (Å²) in [7, 11) is 0. The number of hydrogen-bond acceptors (Lipinski definition) is 3. The zero-order chi connectivity index (χ0) is 16.5. The van der Waals surface area contributed by atoms with Crippen molar-refractivity contribution in [1.29, 1.82) is 0 Å². The van der Waals surface area contributed by atoms with Gasteiger partial charge in [-0.15, -0.1) is 0 Å². The van der Waals surface area contributed by atoms with E-state index >= 15 is 0 Å². The Balaban J connectivity index is 4.36. The molecule has 1 atom stereocenters. The maximum Gasteiger partial charge on any atom is 0.329 e. The van der Waals surface area contributed by atoms with Crippen LogP contribution in [0.15, 0.2) is 24.3 Å². The van der Waals surface area contributed by atoms with Crippen LogP contribution >= 0.6 is 0 Å². The SMILES string of the molecule is CC[C@H](NC(=O)/C=C/C=C/CC(C)C)C(=O)OC(C)(C)C. The van der Waals surface area contributed by atoms with E-state index in [1.807, 2.05) is 19.1 Å². The van der Waals surface area contributed by atoms with Gasteiger partial charge in [-0.1, -0.05) is 39.0 Å². The monoisotopic (exact) mass is 295 g/mol. The Labute approximate surface area is 128 Å². The lowest BCUT2D eigenvalue weighted by molar-refractivity contribution is -0.158. The van der Waals surface area contributed by atoms with Gasteiger partial charge in [-0.2, -0.15) is 0 Å². The minimum atomic E-state index is -0.610. The molecule has 0 radical (unpaired) electrons. The van der Waals surface area contributed by atoms with E-state index in [-0.39, 0.29) is 5.91 Å². The van der Waals surface area contributed by atoms with Crippen molar-refractivity contribution < 1.29 is 14.3 Å². The molecule has 1 N–H and O–H groups in total. The number of amides is 1. The van der Waals surface area contributed by atoms with Gasteiger partial charge in [0.15, 0.2) is 0 Å². The lowest BCUT2D eigenvalue weighted by Crippen LogP contribution is -2.43. The molecule has 120 valence electrons. The van der Waals surface area contributed by atoms with Gasteiger partial charge in [0.05, 0.1) is 0 Å². The quantitative estimate of drug-likeness (QED) is 0.445. The van der Waals surface area contributed by atoms with Crippen molar-refractivity contribution in [2.75, 3.05) is 0 Å². The number of esters is 1. The van der Waals surface area contributed by atoms with Crippen LogP contribution in [0.5, 0.6) is 0 Å². The molecule has 0 aromatic carbocycles. The van der Waals surface area contributed by atoms with Crippen LogP contribution in [-0.2, 0) is 14.3 Å². The zero-order valence-corrected chi connectivity index (χ0v) is 14.1. The molecule has 0 saturated heterocycles. The number of ether oxygens (including phenoxy) is 1. The number of nitrogens with one attached hydrogen (secondary N) is 1.